The lowest BCUT2D eigenvalue weighted by Gasteiger charge is -2.08. The maximum absolute atomic E-state index is 12.4. The molecule has 2 aromatic carbocycles. The van der Waals surface area contributed by atoms with Crippen LogP contribution in [0.15, 0.2) is 47.4 Å². The number of non-ortho nitro benzene ring substituents is 1. The van der Waals surface area contributed by atoms with Gasteiger partial charge in [0.15, 0.2) is 9.84 Å². The zero-order chi connectivity index (χ0) is 19.5. The van der Waals surface area contributed by atoms with E-state index in [9.17, 15) is 28.1 Å². The number of rotatable bonds is 5. The van der Waals surface area contributed by atoms with Gasteiger partial charge in [-0.3, -0.25) is 14.9 Å². The van der Waals surface area contributed by atoms with Crippen molar-refractivity contribution in [3.05, 3.63) is 63.7 Å². The van der Waals surface area contributed by atoms with Gasteiger partial charge in [0, 0.05) is 29.6 Å². The lowest BCUT2D eigenvalue weighted by molar-refractivity contribution is -0.384. The first-order valence-electron chi connectivity index (χ1n) is 7.11. The van der Waals surface area contributed by atoms with Crippen LogP contribution in [0.4, 0.5) is 11.4 Å². The molecule has 1 amide bonds. The molecular formula is C16H14N2O7S. The molecule has 0 aliphatic rings. The van der Waals surface area contributed by atoms with E-state index in [1.54, 1.807) is 0 Å². The quantitative estimate of drug-likeness (QED) is 0.478. The maximum atomic E-state index is 12.4. The van der Waals surface area contributed by atoms with Crippen molar-refractivity contribution in [1.29, 1.82) is 0 Å². The van der Waals surface area contributed by atoms with Gasteiger partial charge in [-0.15, -0.1) is 0 Å². The van der Waals surface area contributed by atoms with Gasteiger partial charge >= 0.3 is 5.97 Å². The summed E-state index contributed by atoms with van der Waals surface area (Å²) in [5.74, 6) is -1.58. The SMILES string of the molecule is COC(=O)c1cc(C(=O)Nc2cccc(S(C)(=O)=O)c2)cc([N+](=O)[O-])c1. The van der Waals surface area contributed by atoms with E-state index in [2.05, 4.69) is 10.1 Å². The Morgan fingerprint density at radius 1 is 1.12 bits per heavy atom. The predicted octanol–water partition coefficient (Wildman–Crippen LogP) is 2.04. The number of nitrogens with one attached hydrogen (secondary N) is 1. The molecule has 0 unspecified atom stereocenters. The van der Waals surface area contributed by atoms with Crippen LogP contribution in [0.25, 0.3) is 0 Å². The summed E-state index contributed by atoms with van der Waals surface area (Å²) in [6, 6.07) is 8.67. The fraction of sp³-hybridized carbons (Fsp3) is 0.125. The van der Waals surface area contributed by atoms with Gasteiger partial charge in [0.1, 0.15) is 0 Å². The van der Waals surface area contributed by atoms with E-state index in [0.717, 1.165) is 31.6 Å². The van der Waals surface area contributed by atoms with Crippen LogP contribution in [0.3, 0.4) is 0 Å². The van der Waals surface area contributed by atoms with Gasteiger partial charge in [-0.25, -0.2) is 13.2 Å². The van der Waals surface area contributed by atoms with Gasteiger partial charge in [0.05, 0.1) is 22.5 Å². The summed E-state index contributed by atoms with van der Waals surface area (Å²) in [7, 11) is -2.36. The Morgan fingerprint density at radius 2 is 1.77 bits per heavy atom. The zero-order valence-corrected chi connectivity index (χ0v) is 14.6. The molecule has 0 saturated heterocycles. The largest absolute Gasteiger partial charge is 0.465 e. The molecule has 2 rings (SSSR count). The number of sulfone groups is 1. The minimum atomic E-state index is -3.47. The number of methoxy groups -OCH3 is 1. The Balaban J connectivity index is 2.39. The van der Waals surface area contributed by atoms with Gasteiger partial charge in [-0.2, -0.15) is 0 Å². The highest BCUT2D eigenvalue weighted by atomic mass is 32.2. The summed E-state index contributed by atoms with van der Waals surface area (Å²) in [6.07, 6.45) is 1.02. The fourth-order valence-corrected chi connectivity index (χ4v) is 2.76. The van der Waals surface area contributed by atoms with Gasteiger partial charge in [-0.05, 0) is 24.3 Å². The number of ether oxygens (including phenoxy) is 1. The van der Waals surface area contributed by atoms with Crippen molar-refractivity contribution in [3.63, 3.8) is 0 Å². The van der Waals surface area contributed by atoms with Crippen molar-refractivity contribution < 1.29 is 27.7 Å². The lowest BCUT2D eigenvalue weighted by atomic mass is 10.1. The molecular weight excluding hydrogens is 364 g/mol. The second kappa shape index (κ2) is 7.31. The van der Waals surface area contributed by atoms with Crippen molar-refractivity contribution in [2.24, 2.45) is 0 Å². The van der Waals surface area contributed by atoms with Gasteiger partial charge in [-0.1, -0.05) is 6.07 Å². The highest BCUT2D eigenvalue weighted by Gasteiger charge is 2.19. The number of anilines is 1. The summed E-state index contributed by atoms with van der Waals surface area (Å²) >= 11 is 0. The molecule has 0 aromatic heterocycles. The number of carbonyl (C=O) groups is 2. The minimum absolute atomic E-state index is 0.00425. The molecule has 0 radical (unpaired) electrons. The molecule has 0 saturated carbocycles. The van der Waals surface area contributed by atoms with E-state index < -0.39 is 32.3 Å². The van der Waals surface area contributed by atoms with E-state index in [-0.39, 0.29) is 21.7 Å². The molecule has 0 atom stereocenters. The Hall–Kier alpha value is -3.27. The minimum Gasteiger partial charge on any atom is -0.465 e. The first-order chi connectivity index (χ1) is 12.1. The lowest BCUT2D eigenvalue weighted by Crippen LogP contribution is -2.14. The second-order valence-electron chi connectivity index (χ2n) is 5.27. The summed E-state index contributed by atoms with van der Waals surface area (Å²) in [5, 5.41) is 13.5. The van der Waals surface area contributed by atoms with Crippen LogP contribution in [0.5, 0.6) is 0 Å². The molecule has 0 aliphatic heterocycles. The van der Waals surface area contributed by atoms with E-state index in [1.165, 1.54) is 24.3 Å². The Labute approximate surface area is 148 Å². The fourth-order valence-electron chi connectivity index (χ4n) is 2.09. The topological polar surface area (TPSA) is 133 Å². The Bertz CT molecular complexity index is 999. The summed E-state index contributed by atoms with van der Waals surface area (Å²) in [6.45, 7) is 0. The summed E-state index contributed by atoms with van der Waals surface area (Å²) in [4.78, 5) is 34.3. The highest BCUT2D eigenvalue weighted by molar-refractivity contribution is 7.90. The van der Waals surface area contributed by atoms with E-state index in [1.807, 2.05) is 0 Å². The van der Waals surface area contributed by atoms with Gasteiger partial charge < -0.3 is 10.1 Å². The smallest absolute Gasteiger partial charge is 0.338 e. The number of esters is 1. The third-order valence-electron chi connectivity index (χ3n) is 3.33. The van der Waals surface area contributed by atoms with Gasteiger partial charge in [0.2, 0.25) is 0 Å². The zero-order valence-electron chi connectivity index (χ0n) is 13.8. The average molecular weight is 378 g/mol. The first-order valence-corrected chi connectivity index (χ1v) is 9.00. The predicted molar refractivity (Wildman–Crippen MR) is 91.9 cm³/mol. The number of hydrogen-bond acceptors (Lipinski definition) is 7. The Kier molecular flexibility index (Phi) is 5.36. The molecule has 0 fully saturated rings. The number of benzene rings is 2. The number of nitro benzene ring substituents is 1. The standard InChI is InChI=1S/C16H14N2O7S/c1-25-16(20)11-6-10(7-13(8-11)18(21)22)15(19)17-12-4-3-5-14(9-12)26(2,23)24/h3-9H,1-2H3,(H,17,19). The third kappa shape index (κ3) is 4.42. The van der Waals surface area contributed by atoms with Crippen LogP contribution >= 0.6 is 0 Å². The van der Waals surface area contributed by atoms with Crippen LogP contribution in [0, 0.1) is 10.1 Å². The molecule has 0 bridgehead atoms. The second-order valence-corrected chi connectivity index (χ2v) is 7.29. The van der Waals surface area contributed by atoms with Crippen molar-refractivity contribution >= 4 is 33.1 Å². The van der Waals surface area contributed by atoms with Crippen molar-refractivity contribution in [1.82, 2.24) is 0 Å². The van der Waals surface area contributed by atoms with Crippen molar-refractivity contribution in [3.8, 4) is 0 Å². The number of hydrogen-bond donors (Lipinski definition) is 1. The number of amides is 1. The molecule has 1 N–H and O–H groups in total. The molecule has 10 heteroatoms. The molecule has 136 valence electrons. The normalized spacial score (nSPS) is 10.8. The number of carbonyl (C=O) groups excluding carboxylic acids is 2. The van der Waals surface area contributed by atoms with E-state index in [0.29, 0.717) is 0 Å². The van der Waals surface area contributed by atoms with Crippen molar-refractivity contribution in [2.75, 3.05) is 18.7 Å². The molecule has 0 heterocycles. The number of nitrogens with zero attached hydrogens (tertiary/aromatic N) is 1. The number of nitro groups is 1. The third-order valence-corrected chi connectivity index (χ3v) is 4.44. The highest BCUT2D eigenvalue weighted by Crippen LogP contribution is 2.20. The molecule has 0 aliphatic carbocycles. The van der Waals surface area contributed by atoms with E-state index in [4.69, 9.17) is 0 Å². The summed E-state index contributed by atoms with van der Waals surface area (Å²) < 4.78 is 27.7. The Morgan fingerprint density at radius 3 is 2.35 bits per heavy atom. The van der Waals surface area contributed by atoms with Crippen molar-refractivity contribution in [2.45, 2.75) is 4.90 Å². The van der Waals surface area contributed by atoms with Crippen LogP contribution < -0.4 is 5.32 Å². The maximum Gasteiger partial charge on any atom is 0.338 e. The van der Waals surface area contributed by atoms with Crippen LogP contribution in [-0.4, -0.2) is 38.6 Å². The van der Waals surface area contributed by atoms with Crippen LogP contribution in [0.1, 0.15) is 20.7 Å². The molecule has 9 nitrogen and oxygen atoms in total. The molecule has 2 aromatic rings. The molecule has 26 heavy (non-hydrogen) atoms. The van der Waals surface area contributed by atoms with Gasteiger partial charge in [0.25, 0.3) is 11.6 Å². The monoisotopic (exact) mass is 378 g/mol. The van der Waals surface area contributed by atoms with E-state index >= 15 is 0 Å². The first kappa shape index (κ1) is 19.1. The average Bonchev–Trinajstić information content (AvgIpc) is 2.60. The van der Waals surface area contributed by atoms with Crippen LogP contribution in [-0.2, 0) is 14.6 Å². The molecule has 0 spiro atoms. The summed E-state index contributed by atoms with van der Waals surface area (Å²) in [5.41, 5.74) is -0.576. The van der Waals surface area contributed by atoms with Crippen LogP contribution in [0.2, 0.25) is 0 Å².